The van der Waals surface area contributed by atoms with Gasteiger partial charge in [-0.15, -0.1) is 0 Å². The van der Waals surface area contributed by atoms with Gasteiger partial charge in [-0.3, -0.25) is 0 Å². The number of hydrogen-bond donors (Lipinski definition) is 1. The average Bonchev–Trinajstić information content (AvgIpc) is 2.34. The summed E-state index contributed by atoms with van der Waals surface area (Å²) in [6.07, 6.45) is 0.130. The van der Waals surface area contributed by atoms with Crippen molar-refractivity contribution in [2.75, 3.05) is 13.2 Å². The molecule has 0 amide bonds. The Morgan fingerprint density at radius 3 is 1.95 bits per heavy atom. The van der Waals surface area contributed by atoms with Gasteiger partial charge in [0.05, 0.1) is 6.61 Å². The Labute approximate surface area is 130 Å². The molecule has 0 aliphatic rings. The zero-order chi connectivity index (χ0) is 16.1. The molecule has 0 heterocycles. The molecule has 21 heavy (non-hydrogen) atoms. The maximum absolute atomic E-state index is 5.89. The highest BCUT2D eigenvalue weighted by Crippen LogP contribution is 2.21. The Kier molecular flexibility index (Phi) is 6.09. The van der Waals surface area contributed by atoms with E-state index in [1.807, 2.05) is 24.3 Å². The van der Waals surface area contributed by atoms with Gasteiger partial charge in [0.1, 0.15) is 17.6 Å². The molecule has 1 aromatic carbocycles. The number of rotatable bonds is 6. The molecule has 0 aromatic heterocycles. The Bertz CT molecular complexity index is 412. The number of hydrogen-bond acceptors (Lipinski definition) is 3. The largest absolute Gasteiger partial charge is 0.493 e. The summed E-state index contributed by atoms with van der Waals surface area (Å²) in [4.78, 5) is 0. The molecule has 0 aliphatic carbocycles. The van der Waals surface area contributed by atoms with Gasteiger partial charge in [0.2, 0.25) is 0 Å². The van der Waals surface area contributed by atoms with E-state index in [0.29, 0.717) is 6.61 Å². The van der Waals surface area contributed by atoms with Gasteiger partial charge in [0.25, 0.3) is 0 Å². The van der Waals surface area contributed by atoms with E-state index in [-0.39, 0.29) is 17.1 Å². The second-order valence-electron chi connectivity index (χ2n) is 7.88. The van der Waals surface area contributed by atoms with Crippen LogP contribution in [-0.2, 0) is 0 Å². The maximum Gasteiger partial charge on any atom is 0.120 e. The van der Waals surface area contributed by atoms with E-state index in [2.05, 4.69) is 53.8 Å². The zero-order valence-corrected chi connectivity index (χ0v) is 14.6. The third-order valence-corrected chi connectivity index (χ3v) is 2.75. The summed E-state index contributed by atoms with van der Waals surface area (Å²) in [5.74, 6) is 1.76. The summed E-state index contributed by atoms with van der Waals surface area (Å²) in [5.41, 5.74) is 0.282. The summed E-state index contributed by atoms with van der Waals surface area (Å²) in [7, 11) is 0. The van der Waals surface area contributed by atoms with Crippen molar-refractivity contribution in [3.8, 4) is 11.5 Å². The molecule has 0 aliphatic heterocycles. The van der Waals surface area contributed by atoms with Crippen LogP contribution in [0.4, 0.5) is 0 Å². The van der Waals surface area contributed by atoms with Crippen LogP contribution in [0.15, 0.2) is 24.3 Å². The molecule has 1 rings (SSSR count). The Morgan fingerprint density at radius 2 is 1.48 bits per heavy atom. The standard InChI is InChI=1S/C18H31NO2/c1-14(12-19-18(5,6)7)21-16-10-8-15(9-11-16)20-13-17(2,3)4/h8-11,14,19H,12-13H2,1-7H3/t14-/m1/s1. The van der Waals surface area contributed by atoms with Crippen molar-refractivity contribution >= 4 is 0 Å². The van der Waals surface area contributed by atoms with E-state index < -0.39 is 0 Å². The summed E-state index contributed by atoms with van der Waals surface area (Å²) >= 11 is 0. The fourth-order valence-corrected chi connectivity index (χ4v) is 1.64. The van der Waals surface area contributed by atoms with E-state index in [1.165, 1.54) is 0 Å². The van der Waals surface area contributed by atoms with E-state index in [4.69, 9.17) is 9.47 Å². The first-order valence-corrected chi connectivity index (χ1v) is 7.70. The number of benzene rings is 1. The highest BCUT2D eigenvalue weighted by molar-refractivity contribution is 5.31. The van der Waals surface area contributed by atoms with Crippen LogP contribution >= 0.6 is 0 Å². The van der Waals surface area contributed by atoms with Crippen LogP contribution in [0.2, 0.25) is 0 Å². The fourth-order valence-electron chi connectivity index (χ4n) is 1.64. The predicted octanol–water partition coefficient (Wildman–Crippen LogP) is 4.27. The molecule has 1 N–H and O–H groups in total. The van der Waals surface area contributed by atoms with Gasteiger partial charge in [-0.1, -0.05) is 20.8 Å². The van der Waals surface area contributed by atoms with Crippen molar-refractivity contribution in [3.05, 3.63) is 24.3 Å². The van der Waals surface area contributed by atoms with Crippen molar-refractivity contribution in [2.45, 2.75) is 60.1 Å². The van der Waals surface area contributed by atoms with Gasteiger partial charge in [-0.25, -0.2) is 0 Å². The molecule has 1 atom stereocenters. The van der Waals surface area contributed by atoms with Crippen LogP contribution in [0.5, 0.6) is 11.5 Å². The topological polar surface area (TPSA) is 30.5 Å². The van der Waals surface area contributed by atoms with Crippen LogP contribution in [0.3, 0.4) is 0 Å². The van der Waals surface area contributed by atoms with Crippen molar-refractivity contribution in [1.82, 2.24) is 5.32 Å². The first-order chi connectivity index (χ1) is 9.55. The van der Waals surface area contributed by atoms with Crippen LogP contribution in [0.25, 0.3) is 0 Å². The van der Waals surface area contributed by atoms with E-state index in [0.717, 1.165) is 18.0 Å². The summed E-state index contributed by atoms with van der Waals surface area (Å²) in [6.45, 7) is 16.5. The molecule has 0 spiro atoms. The first-order valence-electron chi connectivity index (χ1n) is 7.70. The van der Waals surface area contributed by atoms with Gasteiger partial charge >= 0.3 is 0 Å². The third kappa shape index (κ3) is 8.61. The smallest absolute Gasteiger partial charge is 0.120 e. The Hall–Kier alpha value is -1.22. The van der Waals surface area contributed by atoms with Crippen molar-refractivity contribution in [1.29, 1.82) is 0 Å². The third-order valence-electron chi connectivity index (χ3n) is 2.75. The number of ether oxygens (including phenoxy) is 2. The first kappa shape index (κ1) is 17.8. The lowest BCUT2D eigenvalue weighted by Crippen LogP contribution is -2.41. The maximum atomic E-state index is 5.89. The molecule has 0 bridgehead atoms. The minimum Gasteiger partial charge on any atom is -0.493 e. The number of nitrogens with one attached hydrogen (secondary N) is 1. The Balaban J connectivity index is 2.43. The molecule has 120 valence electrons. The van der Waals surface area contributed by atoms with Gasteiger partial charge in [0, 0.05) is 12.1 Å². The summed E-state index contributed by atoms with van der Waals surface area (Å²) in [5, 5.41) is 3.44. The lowest BCUT2D eigenvalue weighted by atomic mass is 9.99. The normalized spacial score (nSPS) is 13.9. The highest BCUT2D eigenvalue weighted by atomic mass is 16.5. The quantitative estimate of drug-likeness (QED) is 0.849. The summed E-state index contributed by atoms with van der Waals surface area (Å²) in [6, 6.07) is 7.85. The van der Waals surface area contributed by atoms with Crippen LogP contribution in [0.1, 0.15) is 48.5 Å². The van der Waals surface area contributed by atoms with Gasteiger partial charge in [-0.05, 0) is 57.4 Å². The van der Waals surface area contributed by atoms with Crippen LogP contribution in [-0.4, -0.2) is 24.8 Å². The molecule has 0 fully saturated rings. The van der Waals surface area contributed by atoms with Crippen LogP contribution in [0, 0.1) is 5.41 Å². The molecule has 0 saturated carbocycles. The molecular weight excluding hydrogens is 262 g/mol. The van der Waals surface area contributed by atoms with Crippen molar-refractivity contribution in [2.24, 2.45) is 5.41 Å². The average molecular weight is 293 g/mol. The van der Waals surface area contributed by atoms with Gasteiger partial charge in [-0.2, -0.15) is 0 Å². The minimum absolute atomic E-state index is 0.113. The molecule has 3 nitrogen and oxygen atoms in total. The van der Waals surface area contributed by atoms with E-state index >= 15 is 0 Å². The molecule has 0 saturated heterocycles. The second kappa shape index (κ2) is 7.17. The van der Waals surface area contributed by atoms with E-state index in [9.17, 15) is 0 Å². The SMILES string of the molecule is C[C@H](CNC(C)(C)C)Oc1ccc(OCC(C)(C)C)cc1. The lowest BCUT2D eigenvalue weighted by molar-refractivity contribution is 0.195. The second-order valence-corrected chi connectivity index (χ2v) is 7.88. The zero-order valence-electron chi connectivity index (χ0n) is 14.6. The van der Waals surface area contributed by atoms with E-state index in [1.54, 1.807) is 0 Å². The molecule has 3 heteroatoms. The predicted molar refractivity (Wildman–Crippen MR) is 89.2 cm³/mol. The van der Waals surface area contributed by atoms with Crippen molar-refractivity contribution in [3.63, 3.8) is 0 Å². The van der Waals surface area contributed by atoms with Gasteiger partial charge < -0.3 is 14.8 Å². The molecular formula is C18H31NO2. The monoisotopic (exact) mass is 293 g/mol. The van der Waals surface area contributed by atoms with Crippen LogP contribution < -0.4 is 14.8 Å². The molecule has 0 unspecified atom stereocenters. The minimum atomic E-state index is 0.113. The summed E-state index contributed by atoms with van der Waals surface area (Å²) < 4.78 is 11.6. The van der Waals surface area contributed by atoms with Gasteiger partial charge in [0.15, 0.2) is 0 Å². The van der Waals surface area contributed by atoms with Crippen molar-refractivity contribution < 1.29 is 9.47 Å². The lowest BCUT2D eigenvalue weighted by Gasteiger charge is -2.24. The molecule has 0 radical (unpaired) electrons. The molecule has 1 aromatic rings. The fraction of sp³-hybridized carbons (Fsp3) is 0.667. The highest BCUT2D eigenvalue weighted by Gasteiger charge is 2.13. The Morgan fingerprint density at radius 1 is 0.952 bits per heavy atom.